The minimum atomic E-state index is -0.340. The maximum absolute atomic E-state index is 11.2. The van der Waals surface area contributed by atoms with Gasteiger partial charge >= 0.3 is 5.97 Å². The Morgan fingerprint density at radius 3 is 3.00 bits per heavy atom. The van der Waals surface area contributed by atoms with Crippen LogP contribution in [0.3, 0.4) is 0 Å². The molecule has 1 aliphatic carbocycles. The molecule has 0 amide bonds. The molecule has 1 aromatic carbocycles. The van der Waals surface area contributed by atoms with E-state index in [1.54, 1.807) is 0 Å². The maximum atomic E-state index is 11.2. The largest absolute Gasteiger partial charge is 0.454 e. The van der Waals surface area contributed by atoms with E-state index in [1.165, 1.54) is 11.1 Å². The lowest BCUT2D eigenvalue weighted by Gasteiger charge is -2.23. The fraction of sp³-hybridized carbons (Fsp3) is 0.417. The predicted molar refractivity (Wildman–Crippen MR) is 51.7 cm³/mol. The van der Waals surface area contributed by atoms with Crippen LogP contribution in [-0.4, -0.2) is 5.97 Å². The van der Waals surface area contributed by atoms with Crippen LogP contribution < -0.4 is 0 Å². The van der Waals surface area contributed by atoms with Gasteiger partial charge in [-0.25, -0.2) is 0 Å². The highest BCUT2D eigenvalue weighted by atomic mass is 16.6. The first-order valence-corrected chi connectivity index (χ1v) is 5.00. The van der Waals surface area contributed by atoms with Gasteiger partial charge in [0.25, 0.3) is 0 Å². The van der Waals surface area contributed by atoms with Crippen molar-refractivity contribution in [1.82, 2.24) is 0 Å². The van der Waals surface area contributed by atoms with Gasteiger partial charge in [0.1, 0.15) is 5.60 Å². The molecule has 14 heavy (non-hydrogen) atoms. The zero-order valence-electron chi connectivity index (χ0n) is 8.12. The zero-order chi connectivity index (χ0) is 9.76. The Hall–Kier alpha value is -1.31. The van der Waals surface area contributed by atoms with Crippen LogP contribution in [0.15, 0.2) is 24.3 Å². The van der Waals surface area contributed by atoms with Crippen molar-refractivity contribution >= 4 is 5.97 Å². The molecule has 1 aliphatic heterocycles. The van der Waals surface area contributed by atoms with Crippen molar-refractivity contribution in [3.05, 3.63) is 35.4 Å². The van der Waals surface area contributed by atoms with Gasteiger partial charge in [-0.15, -0.1) is 0 Å². The molecule has 0 saturated carbocycles. The number of ether oxygens (including phenoxy) is 1. The maximum Gasteiger partial charge on any atom is 0.307 e. The van der Waals surface area contributed by atoms with Crippen LogP contribution in [0.5, 0.6) is 0 Å². The zero-order valence-corrected chi connectivity index (χ0v) is 8.12. The van der Waals surface area contributed by atoms with Crippen LogP contribution >= 0.6 is 0 Å². The number of benzene rings is 1. The van der Waals surface area contributed by atoms with Gasteiger partial charge in [0.05, 0.1) is 6.42 Å². The Balaban J connectivity index is 2.15. The van der Waals surface area contributed by atoms with Gasteiger partial charge < -0.3 is 4.74 Å². The molecule has 0 bridgehead atoms. The first-order chi connectivity index (χ1) is 6.70. The van der Waals surface area contributed by atoms with Gasteiger partial charge in [0, 0.05) is 5.92 Å². The molecule has 0 aromatic heterocycles. The normalized spacial score (nSPS) is 33.8. The van der Waals surface area contributed by atoms with E-state index >= 15 is 0 Å². The summed E-state index contributed by atoms with van der Waals surface area (Å²) in [7, 11) is 0. The molecule has 1 heterocycles. The van der Waals surface area contributed by atoms with Crippen LogP contribution in [0, 0.1) is 5.92 Å². The Kier molecular flexibility index (Phi) is 1.37. The molecule has 0 unspecified atom stereocenters. The minimum Gasteiger partial charge on any atom is -0.454 e. The summed E-state index contributed by atoms with van der Waals surface area (Å²) in [5, 5.41) is 0. The third-order valence-electron chi connectivity index (χ3n) is 3.54. The van der Waals surface area contributed by atoms with Crippen molar-refractivity contribution in [3.63, 3.8) is 0 Å². The third kappa shape index (κ3) is 0.834. The average molecular weight is 188 g/mol. The van der Waals surface area contributed by atoms with E-state index in [-0.39, 0.29) is 11.6 Å². The highest BCUT2D eigenvalue weighted by molar-refractivity contribution is 5.74. The van der Waals surface area contributed by atoms with E-state index in [1.807, 2.05) is 19.1 Å². The Morgan fingerprint density at radius 2 is 2.14 bits per heavy atom. The second-order valence-electron chi connectivity index (χ2n) is 4.34. The van der Waals surface area contributed by atoms with Gasteiger partial charge in [0.15, 0.2) is 0 Å². The van der Waals surface area contributed by atoms with Crippen LogP contribution in [0.1, 0.15) is 24.5 Å². The van der Waals surface area contributed by atoms with E-state index in [2.05, 4.69) is 12.1 Å². The second kappa shape index (κ2) is 2.38. The molecule has 1 aromatic rings. The molecule has 2 nitrogen and oxygen atoms in total. The average Bonchev–Trinajstić information content (AvgIpc) is 2.55. The van der Waals surface area contributed by atoms with E-state index < -0.39 is 0 Å². The number of hydrogen-bond acceptors (Lipinski definition) is 2. The number of esters is 1. The van der Waals surface area contributed by atoms with E-state index in [4.69, 9.17) is 4.74 Å². The lowest BCUT2D eigenvalue weighted by atomic mass is 9.90. The molecule has 2 atom stereocenters. The molecule has 72 valence electrons. The van der Waals surface area contributed by atoms with Crippen molar-refractivity contribution in [1.29, 1.82) is 0 Å². The van der Waals surface area contributed by atoms with Crippen LogP contribution in [-0.2, 0) is 21.6 Å². The fourth-order valence-corrected chi connectivity index (χ4v) is 2.75. The summed E-state index contributed by atoms with van der Waals surface area (Å²) >= 11 is 0. The van der Waals surface area contributed by atoms with Crippen molar-refractivity contribution < 1.29 is 9.53 Å². The van der Waals surface area contributed by atoms with Crippen molar-refractivity contribution in [2.75, 3.05) is 0 Å². The number of carbonyl (C=O) groups excluding carboxylic acids is 1. The molecule has 1 fully saturated rings. The lowest BCUT2D eigenvalue weighted by molar-refractivity contribution is -0.148. The summed E-state index contributed by atoms with van der Waals surface area (Å²) in [6.45, 7) is 2.04. The summed E-state index contributed by atoms with van der Waals surface area (Å²) in [4.78, 5) is 11.2. The Bertz CT molecular complexity index is 411. The summed E-state index contributed by atoms with van der Waals surface area (Å²) in [5.74, 6) is 0.305. The van der Waals surface area contributed by atoms with Crippen LogP contribution in [0.2, 0.25) is 0 Å². The molecule has 3 rings (SSSR count). The summed E-state index contributed by atoms with van der Waals surface area (Å²) < 4.78 is 5.46. The smallest absolute Gasteiger partial charge is 0.307 e. The molecule has 0 spiro atoms. The van der Waals surface area contributed by atoms with Gasteiger partial charge in [-0.2, -0.15) is 0 Å². The summed E-state index contributed by atoms with van der Waals surface area (Å²) in [5.41, 5.74) is 2.21. The summed E-state index contributed by atoms with van der Waals surface area (Å²) in [6.07, 6.45) is 1.56. The number of rotatable bonds is 0. The second-order valence-corrected chi connectivity index (χ2v) is 4.34. The van der Waals surface area contributed by atoms with E-state index in [0.717, 1.165) is 6.42 Å². The molecule has 1 saturated heterocycles. The summed E-state index contributed by atoms with van der Waals surface area (Å²) in [6, 6.07) is 8.27. The standard InChI is InChI=1S/C12H12O2/c1-12-9(7-11(13)14-12)6-8-4-2-3-5-10(8)12/h2-5,9H,6-7H2,1H3/t9-,12-/m1/s1. The number of fused-ring (bicyclic) bond motifs is 3. The quantitative estimate of drug-likeness (QED) is 0.582. The van der Waals surface area contributed by atoms with Crippen molar-refractivity contribution in [3.8, 4) is 0 Å². The predicted octanol–water partition coefficient (Wildman–Crippen LogP) is 2.02. The number of carbonyl (C=O) groups is 1. The molecular weight excluding hydrogens is 176 g/mol. The number of hydrogen-bond donors (Lipinski definition) is 0. The minimum absolute atomic E-state index is 0.0491. The fourth-order valence-electron chi connectivity index (χ4n) is 2.75. The molecule has 0 N–H and O–H groups in total. The highest BCUT2D eigenvalue weighted by Crippen LogP contribution is 2.49. The van der Waals surface area contributed by atoms with E-state index in [9.17, 15) is 4.79 Å². The van der Waals surface area contributed by atoms with E-state index in [0.29, 0.717) is 12.3 Å². The Morgan fingerprint density at radius 1 is 1.36 bits per heavy atom. The monoisotopic (exact) mass is 188 g/mol. The van der Waals surface area contributed by atoms with Gasteiger partial charge in [0.2, 0.25) is 0 Å². The van der Waals surface area contributed by atoms with Gasteiger partial charge in [-0.05, 0) is 24.5 Å². The van der Waals surface area contributed by atoms with Crippen molar-refractivity contribution in [2.24, 2.45) is 5.92 Å². The van der Waals surface area contributed by atoms with Crippen LogP contribution in [0.4, 0.5) is 0 Å². The molecular formula is C12H12O2. The highest BCUT2D eigenvalue weighted by Gasteiger charge is 2.51. The van der Waals surface area contributed by atoms with Gasteiger partial charge in [-0.1, -0.05) is 24.3 Å². The van der Waals surface area contributed by atoms with Crippen LogP contribution in [0.25, 0.3) is 0 Å². The molecule has 2 aliphatic rings. The first-order valence-electron chi connectivity index (χ1n) is 5.00. The van der Waals surface area contributed by atoms with Gasteiger partial charge in [-0.3, -0.25) is 4.79 Å². The molecule has 2 heteroatoms. The molecule has 0 radical (unpaired) electrons. The third-order valence-corrected chi connectivity index (χ3v) is 3.54. The SMILES string of the molecule is C[C@@]12OC(=O)C[C@H]1Cc1ccccc12. The lowest BCUT2D eigenvalue weighted by Crippen LogP contribution is -2.24. The van der Waals surface area contributed by atoms with Crippen molar-refractivity contribution in [2.45, 2.75) is 25.4 Å². The topological polar surface area (TPSA) is 26.3 Å². The Labute approximate surface area is 82.9 Å². The first kappa shape index (κ1) is 8.04.